The Kier molecular flexibility index (Phi) is 4.28. The van der Waals surface area contributed by atoms with Gasteiger partial charge in [-0.15, -0.1) is 22.7 Å². The van der Waals surface area contributed by atoms with E-state index in [0.717, 1.165) is 10.6 Å². The van der Waals surface area contributed by atoms with E-state index in [1.54, 1.807) is 29.5 Å². The molecule has 112 valence electrons. The largest absolute Gasteiger partial charge is 0.270 e. The molecule has 3 rings (SSSR count). The van der Waals surface area contributed by atoms with E-state index in [-0.39, 0.29) is 5.69 Å². The summed E-state index contributed by atoms with van der Waals surface area (Å²) in [5.41, 5.74) is 1.82. The number of hydrogen-bond acceptors (Lipinski definition) is 6. The van der Waals surface area contributed by atoms with Crippen molar-refractivity contribution in [3.8, 4) is 16.6 Å². The highest BCUT2D eigenvalue weighted by Crippen LogP contribution is 2.29. The van der Waals surface area contributed by atoms with Gasteiger partial charge in [0.15, 0.2) is 0 Å². The second-order valence-electron chi connectivity index (χ2n) is 4.54. The second kappa shape index (κ2) is 6.52. The van der Waals surface area contributed by atoms with E-state index in [9.17, 15) is 15.4 Å². The Hall–Kier alpha value is -2.82. The number of thiophene rings is 1. The van der Waals surface area contributed by atoms with Crippen LogP contribution in [0.3, 0.4) is 0 Å². The third-order valence-electron chi connectivity index (χ3n) is 3.02. The third-order valence-corrected chi connectivity index (χ3v) is 4.79. The summed E-state index contributed by atoms with van der Waals surface area (Å²) < 4.78 is 0. The Morgan fingerprint density at radius 1 is 1.30 bits per heavy atom. The van der Waals surface area contributed by atoms with E-state index < -0.39 is 4.92 Å². The highest BCUT2D eigenvalue weighted by molar-refractivity contribution is 7.14. The number of aromatic nitrogens is 1. The number of hydrogen-bond donors (Lipinski definition) is 0. The van der Waals surface area contributed by atoms with E-state index in [4.69, 9.17) is 0 Å². The normalized spacial score (nSPS) is 11.2. The van der Waals surface area contributed by atoms with E-state index in [0.29, 0.717) is 16.1 Å². The van der Waals surface area contributed by atoms with Gasteiger partial charge in [-0.3, -0.25) is 10.1 Å². The number of rotatable bonds is 4. The van der Waals surface area contributed by atoms with Crippen molar-refractivity contribution in [1.29, 1.82) is 5.26 Å². The van der Waals surface area contributed by atoms with Gasteiger partial charge in [0.2, 0.25) is 0 Å². The molecule has 0 aliphatic carbocycles. The van der Waals surface area contributed by atoms with Crippen LogP contribution in [0.25, 0.3) is 22.2 Å². The number of nitro benzene ring substituents is 1. The van der Waals surface area contributed by atoms with Gasteiger partial charge in [-0.1, -0.05) is 18.2 Å². The van der Waals surface area contributed by atoms with Gasteiger partial charge >= 0.3 is 0 Å². The highest BCUT2D eigenvalue weighted by atomic mass is 32.1. The summed E-state index contributed by atoms with van der Waals surface area (Å²) in [6, 6.07) is 12.2. The van der Waals surface area contributed by atoms with Crippen LogP contribution >= 0.6 is 22.7 Å². The first-order valence-corrected chi connectivity index (χ1v) is 8.29. The van der Waals surface area contributed by atoms with Gasteiger partial charge in [0, 0.05) is 17.5 Å². The summed E-state index contributed by atoms with van der Waals surface area (Å²) in [6.45, 7) is 0. The molecule has 0 aliphatic heterocycles. The molecule has 2 heterocycles. The minimum absolute atomic E-state index is 0.00514. The van der Waals surface area contributed by atoms with E-state index in [2.05, 4.69) is 11.1 Å². The average Bonchev–Trinajstić information content (AvgIpc) is 3.23. The van der Waals surface area contributed by atoms with Crippen LogP contribution in [0.1, 0.15) is 10.6 Å². The molecular weight excluding hydrogens is 330 g/mol. The van der Waals surface area contributed by atoms with Gasteiger partial charge in [-0.2, -0.15) is 5.26 Å². The smallest absolute Gasteiger partial charge is 0.258 e. The number of non-ortho nitro benzene ring substituents is 1. The monoisotopic (exact) mass is 339 g/mol. The zero-order valence-electron chi connectivity index (χ0n) is 11.7. The van der Waals surface area contributed by atoms with Crippen molar-refractivity contribution in [2.45, 2.75) is 0 Å². The Balaban J connectivity index is 1.95. The Labute approximate surface area is 139 Å². The van der Waals surface area contributed by atoms with Crippen LogP contribution in [0.2, 0.25) is 0 Å². The number of benzene rings is 1. The summed E-state index contributed by atoms with van der Waals surface area (Å²) in [7, 11) is 0. The topological polar surface area (TPSA) is 79.8 Å². The molecule has 0 amide bonds. The predicted molar refractivity (Wildman–Crippen MR) is 92.0 cm³/mol. The molecule has 5 nitrogen and oxygen atoms in total. The fraction of sp³-hybridized carbons (Fsp3) is 0. The summed E-state index contributed by atoms with van der Waals surface area (Å²) in [5.74, 6) is 0. The Morgan fingerprint density at radius 2 is 2.17 bits per heavy atom. The first-order chi connectivity index (χ1) is 11.2. The molecule has 0 aliphatic rings. The lowest BCUT2D eigenvalue weighted by Gasteiger charge is -1.96. The van der Waals surface area contributed by atoms with Crippen LogP contribution in [0.5, 0.6) is 0 Å². The molecule has 1 aromatic carbocycles. The lowest BCUT2D eigenvalue weighted by molar-refractivity contribution is -0.384. The van der Waals surface area contributed by atoms with Crippen molar-refractivity contribution in [3.63, 3.8) is 0 Å². The molecule has 0 radical (unpaired) electrons. The van der Waals surface area contributed by atoms with E-state index in [1.165, 1.54) is 23.5 Å². The number of nitrogens with zero attached hydrogens (tertiary/aromatic N) is 3. The minimum Gasteiger partial charge on any atom is -0.258 e. The maximum absolute atomic E-state index is 10.8. The molecule has 23 heavy (non-hydrogen) atoms. The molecule has 0 saturated heterocycles. The van der Waals surface area contributed by atoms with Crippen LogP contribution in [0.15, 0.2) is 47.2 Å². The van der Waals surface area contributed by atoms with Gasteiger partial charge in [-0.25, -0.2) is 4.98 Å². The van der Waals surface area contributed by atoms with Gasteiger partial charge in [0.1, 0.15) is 11.1 Å². The van der Waals surface area contributed by atoms with Crippen molar-refractivity contribution in [1.82, 2.24) is 4.98 Å². The lowest BCUT2D eigenvalue weighted by atomic mass is 10.1. The number of thiazole rings is 1. The molecule has 0 saturated carbocycles. The molecular formula is C16H9N3O2S2. The first-order valence-electron chi connectivity index (χ1n) is 6.53. The molecule has 2 aromatic heterocycles. The minimum atomic E-state index is -0.457. The van der Waals surface area contributed by atoms with Crippen molar-refractivity contribution in [2.24, 2.45) is 0 Å². The molecule has 0 N–H and O–H groups in total. The lowest BCUT2D eigenvalue weighted by Crippen LogP contribution is -1.88. The summed E-state index contributed by atoms with van der Waals surface area (Å²) in [5, 5.41) is 24.7. The molecule has 0 atom stereocenters. The van der Waals surface area contributed by atoms with Crippen molar-refractivity contribution < 1.29 is 4.92 Å². The SMILES string of the molecule is N#C/C(=C/c1cccc([N+](=O)[O-])c1)c1nc(-c2cccs2)cs1. The summed E-state index contributed by atoms with van der Waals surface area (Å²) >= 11 is 2.97. The standard InChI is InChI=1S/C16H9N3O2S2/c17-9-12(7-11-3-1-4-13(8-11)19(20)21)16-18-14(10-23-16)15-5-2-6-22-15/h1-8,10H/b12-7-. The number of nitriles is 1. The maximum atomic E-state index is 10.8. The van der Waals surface area contributed by atoms with Crippen molar-refractivity contribution in [2.75, 3.05) is 0 Å². The zero-order chi connectivity index (χ0) is 16.2. The number of nitro groups is 1. The van der Waals surface area contributed by atoms with Crippen LogP contribution in [0.4, 0.5) is 5.69 Å². The summed E-state index contributed by atoms with van der Waals surface area (Å²) in [4.78, 5) is 15.9. The highest BCUT2D eigenvalue weighted by Gasteiger charge is 2.11. The third kappa shape index (κ3) is 3.34. The van der Waals surface area contributed by atoms with Gasteiger partial charge in [0.25, 0.3) is 5.69 Å². The van der Waals surface area contributed by atoms with E-state index >= 15 is 0 Å². The quantitative estimate of drug-likeness (QED) is 0.387. The molecule has 0 fully saturated rings. The van der Waals surface area contributed by atoms with Crippen LogP contribution < -0.4 is 0 Å². The fourth-order valence-corrected chi connectivity index (χ4v) is 3.52. The molecule has 0 unspecified atom stereocenters. The van der Waals surface area contributed by atoms with Crippen molar-refractivity contribution >= 4 is 40.0 Å². The zero-order valence-corrected chi connectivity index (χ0v) is 13.3. The van der Waals surface area contributed by atoms with Crippen LogP contribution in [-0.4, -0.2) is 9.91 Å². The fourth-order valence-electron chi connectivity index (χ4n) is 1.97. The maximum Gasteiger partial charge on any atom is 0.270 e. The van der Waals surface area contributed by atoms with Gasteiger partial charge in [-0.05, 0) is 23.1 Å². The number of allylic oxidation sites excluding steroid dienone is 1. The Bertz CT molecular complexity index is 921. The van der Waals surface area contributed by atoms with Gasteiger partial charge < -0.3 is 0 Å². The first kappa shape index (κ1) is 15.1. The molecule has 3 aromatic rings. The Morgan fingerprint density at radius 3 is 2.87 bits per heavy atom. The average molecular weight is 339 g/mol. The molecule has 7 heteroatoms. The van der Waals surface area contributed by atoms with Crippen molar-refractivity contribution in [3.05, 3.63) is 67.8 Å². The molecule has 0 bridgehead atoms. The van der Waals surface area contributed by atoms with Crippen LogP contribution in [0, 0.1) is 21.4 Å². The van der Waals surface area contributed by atoms with Crippen LogP contribution in [-0.2, 0) is 0 Å². The second-order valence-corrected chi connectivity index (χ2v) is 6.34. The van der Waals surface area contributed by atoms with E-state index in [1.807, 2.05) is 22.9 Å². The summed E-state index contributed by atoms with van der Waals surface area (Å²) in [6.07, 6.45) is 1.62. The van der Waals surface area contributed by atoms with Gasteiger partial charge in [0.05, 0.1) is 21.1 Å². The predicted octanol–water partition coefficient (Wildman–Crippen LogP) is 4.84. The molecule has 0 spiro atoms.